The van der Waals surface area contributed by atoms with Gasteiger partial charge in [-0.1, -0.05) is 12.1 Å². The highest BCUT2D eigenvalue weighted by atomic mass is 19.1. The molecule has 0 aliphatic carbocycles. The minimum atomic E-state index is -0.170. The maximum atomic E-state index is 13.1. The number of anilines is 1. The van der Waals surface area contributed by atoms with Crippen LogP contribution in [0.4, 0.5) is 10.1 Å². The van der Waals surface area contributed by atoms with Crippen LogP contribution in [-0.4, -0.2) is 0 Å². The van der Waals surface area contributed by atoms with Gasteiger partial charge >= 0.3 is 0 Å². The molecule has 0 radical (unpaired) electrons. The summed E-state index contributed by atoms with van der Waals surface area (Å²) in [7, 11) is 0. The van der Waals surface area contributed by atoms with Crippen LogP contribution in [0.5, 0.6) is 0 Å². The number of nitrogen functional groups attached to an aromatic ring is 1. The van der Waals surface area contributed by atoms with Crippen LogP contribution in [-0.2, 0) is 0 Å². The molecule has 0 saturated heterocycles. The summed E-state index contributed by atoms with van der Waals surface area (Å²) in [4.78, 5) is 0. The molecule has 1 nitrogen and oxygen atoms in total. The Hall–Kier alpha value is -1.83. The van der Waals surface area contributed by atoms with Crippen molar-refractivity contribution in [1.82, 2.24) is 0 Å². The van der Waals surface area contributed by atoms with Gasteiger partial charge in [0.1, 0.15) is 5.82 Å². The lowest BCUT2D eigenvalue weighted by Gasteiger charge is -2.06. The van der Waals surface area contributed by atoms with E-state index < -0.39 is 0 Å². The second-order valence-corrected chi connectivity index (χ2v) is 4.04. The fourth-order valence-corrected chi connectivity index (χ4v) is 1.68. The zero-order valence-corrected chi connectivity index (χ0v) is 9.42. The van der Waals surface area contributed by atoms with Crippen LogP contribution >= 0.6 is 0 Å². The Morgan fingerprint density at radius 1 is 0.875 bits per heavy atom. The van der Waals surface area contributed by atoms with E-state index in [1.807, 2.05) is 31.2 Å². The number of hydrogen-bond donors (Lipinski definition) is 1. The predicted molar refractivity (Wildman–Crippen MR) is 65.7 cm³/mol. The Morgan fingerprint density at radius 2 is 1.44 bits per heavy atom. The molecule has 2 rings (SSSR count). The first-order valence-corrected chi connectivity index (χ1v) is 5.20. The summed E-state index contributed by atoms with van der Waals surface area (Å²) in [6, 6.07) is 11.0. The summed E-state index contributed by atoms with van der Waals surface area (Å²) >= 11 is 0. The molecule has 0 saturated carbocycles. The van der Waals surface area contributed by atoms with E-state index in [1.54, 1.807) is 13.0 Å². The Kier molecular flexibility index (Phi) is 2.65. The molecule has 2 heteroatoms. The average Bonchev–Trinajstić information content (AvgIpc) is 2.26. The number of rotatable bonds is 1. The molecule has 0 amide bonds. The first-order chi connectivity index (χ1) is 7.58. The number of benzene rings is 2. The van der Waals surface area contributed by atoms with Crippen molar-refractivity contribution in [2.24, 2.45) is 0 Å². The third-order valence-corrected chi connectivity index (χ3v) is 2.76. The third-order valence-electron chi connectivity index (χ3n) is 2.76. The number of aryl methyl sites for hydroxylation is 2. The lowest BCUT2D eigenvalue weighted by Crippen LogP contribution is -1.90. The first-order valence-electron chi connectivity index (χ1n) is 5.20. The second kappa shape index (κ2) is 3.97. The van der Waals surface area contributed by atoms with Crippen LogP contribution in [0.15, 0.2) is 36.4 Å². The van der Waals surface area contributed by atoms with Gasteiger partial charge in [-0.25, -0.2) is 4.39 Å². The normalized spacial score (nSPS) is 10.4. The molecule has 82 valence electrons. The number of hydrogen-bond acceptors (Lipinski definition) is 1. The zero-order chi connectivity index (χ0) is 11.7. The van der Waals surface area contributed by atoms with Gasteiger partial charge in [0.05, 0.1) is 0 Å². The van der Waals surface area contributed by atoms with E-state index in [1.165, 1.54) is 6.07 Å². The summed E-state index contributed by atoms with van der Waals surface area (Å²) in [6.07, 6.45) is 0. The molecular weight excluding hydrogens is 201 g/mol. The van der Waals surface area contributed by atoms with Gasteiger partial charge in [-0.3, -0.25) is 0 Å². The van der Waals surface area contributed by atoms with Gasteiger partial charge in [0, 0.05) is 5.69 Å². The van der Waals surface area contributed by atoms with Gasteiger partial charge in [0.25, 0.3) is 0 Å². The lowest BCUT2D eigenvalue weighted by molar-refractivity contribution is 0.619. The fourth-order valence-electron chi connectivity index (χ4n) is 1.68. The van der Waals surface area contributed by atoms with Crippen LogP contribution in [0.3, 0.4) is 0 Å². The Labute approximate surface area is 94.7 Å². The van der Waals surface area contributed by atoms with Gasteiger partial charge in [-0.15, -0.1) is 0 Å². The Balaban J connectivity index is 2.50. The largest absolute Gasteiger partial charge is 0.399 e. The highest BCUT2D eigenvalue weighted by Crippen LogP contribution is 2.24. The summed E-state index contributed by atoms with van der Waals surface area (Å²) in [5.74, 6) is -0.170. The van der Waals surface area contributed by atoms with Crippen molar-refractivity contribution in [3.63, 3.8) is 0 Å². The van der Waals surface area contributed by atoms with Gasteiger partial charge in [-0.2, -0.15) is 0 Å². The van der Waals surface area contributed by atoms with Crippen molar-refractivity contribution in [2.45, 2.75) is 13.8 Å². The predicted octanol–water partition coefficient (Wildman–Crippen LogP) is 3.69. The minimum Gasteiger partial charge on any atom is -0.399 e. The van der Waals surface area contributed by atoms with Gasteiger partial charge < -0.3 is 5.73 Å². The Morgan fingerprint density at radius 3 is 2.00 bits per heavy atom. The molecule has 16 heavy (non-hydrogen) atoms. The van der Waals surface area contributed by atoms with Gasteiger partial charge in [-0.05, 0) is 60.4 Å². The first kappa shape index (κ1) is 10.7. The number of nitrogens with two attached hydrogens (primary N) is 1. The van der Waals surface area contributed by atoms with Crippen molar-refractivity contribution < 1.29 is 4.39 Å². The van der Waals surface area contributed by atoms with E-state index >= 15 is 0 Å². The summed E-state index contributed by atoms with van der Waals surface area (Å²) in [6.45, 7) is 3.73. The van der Waals surface area contributed by atoms with Crippen LogP contribution in [0.2, 0.25) is 0 Å². The maximum absolute atomic E-state index is 13.1. The molecule has 0 aromatic heterocycles. The monoisotopic (exact) mass is 215 g/mol. The van der Waals surface area contributed by atoms with E-state index in [0.29, 0.717) is 5.56 Å². The van der Waals surface area contributed by atoms with Crippen LogP contribution in [0.1, 0.15) is 11.1 Å². The van der Waals surface area contributed by atoms with E-state index in [4.69, 9.17) is 5.73 Å². The van der Waals surface area contributed by atoms with Crippen LogP contribution < -0.4 is 5.73 Å². The summed E-state index contributed by atoms with van der Waals surface area (Å²) < 4.78 is 13.1. The van der Waals surface area contributed by atoms with E-state index in [9.17, 15) is 4.39 Å². The fraction of sp³-hybridized carbons (Fsp3) is 0.143. The lowest BCUT2D eigenvalue weighted by atomic mass is 10.0. The quantitative estimate of drug-likeness (QED) is 0.721. The molecule has 2 aromatic rings. The van der Waals surface area contributed by atoms with Crippen molar-refractivity contribution >= 4 is 5.69 Å². The van der Waals surface area contributed by atoms with E-state index in [0.717, 1.165) is 22.4 Å². The topological polar surface area (TPSA) is 26.0 Å². The molecule has 0 unspecified atom stereocenters. The summed E-state index contributed by atoms with van der Waals surface area (Å²) in [5, 5.41) is 0. The van der Waals surface area contributed by atoms with Crippen LogP contribution in [0, 0.1) is 19.7 Å². The van der Waals surface area contributed by atoms with Crippen molar-refractivity contribution in [3.8, 4) is 11.1 Å². The highest BCUT2D eigenvalue weighted by molar-refractivity contribution is 5.68. The van der Waals surface area contributed by atoms with Gasteiger partial charge in [0.2, 0.25) is 0 Å². The maximum Gasteiger partial charge on any atom is 0.126 e. The highest BCUT2D eigenvalue weighted by Gasteiger charge is 2.03. The molecule has 0 heterocycles. The summed E-state index contributed by atoms with van der Waals surface area (Å²) in [5.41, 5.74) is 10.3. The molecule has 0 spiro atoms. The zero-order valence-electron chi connectivity index (χ0n) is 9.42. The molecule has 0 atom stereocenters. The van der Waals surface area contributed by atoms with Gasteiger partial charge in [0.15, 0.2) is 0 Å². The van der Waals surface area contributed by atoms with E-state index in [2.05, 4.69) is 0 Å². The molecule has 0 fully saturated rings. The van der Waals surface area contributed by atoms with E-state index in [-0.39, 0.29) is 5.82 Å². The molecule has 2 aromatic carbocycles. The van der Waals surface area contributed by atoms with Crippen molar-refractivity contribution in [3.05, 3.63) is 53.3 Å². The number of halogens is 1. The standard InChI is InChI=1S/C14H14FN/c1-9-7-11(3-5-13(9)15)12-4-6-14(16)10(2)8-12/h3-8H,16H2,1-2H3. The SMILES string of the molecule is Cc1cc(-c2ccc(F)c(C)c2)ccc1N. The molecule has 0 bridgehead atoms. The molecule has 0 aliphatic rings. The molecular formula is C14H14FN. The smallest absolute Gasteiger partial charge is 0.126 e. The van der Waals surface area contributed by atoms with Crippen LogP contribution in [0.25, 0.3) is 11.1 Å². The minimum absolute atomic E-state index is 0.170. The average molecular weight is 215 g/mol. The molecule has 0 aliphatic heterocycles. The molecule has 2 N–H and O–H groups in total. The van der Waals surface area contributed by atoms with Crippen molar-refractivity contribution in [2.75, 3.05) is 5.73 Å². The third kappa shape index (κ3) is 1.91. The Bertz CT molecular complexity index is 483. The second-order valence-electron chi connectivity index (χ2n) is 4.04. The van der Waals surface area contributed by atoms with Crippen molar-refractivity contribution in [1.29, 1.82) is 0 Å².